The molecule has 0 saturated heterocycles. The summed E-state index contributed by atoms with van der Waals surface area (Å²) in [6.07, 6.45) is 1.94. The van der Waals surface area contributed by atoms with E-state index in [1.807, 2.05) is 30.3 Å². The molecule has 1 heterocycles. The predicted molar refractivity (Wildman–Crippen MR) is 93.2 cm³/mol. The largest absolute Gasteiger partial charge is 0.352 e. The van der Waals surface area contributed by atoms with E-state index in [0.29, 0.717) is 24.7 Å². The lowest BCUT2D eigenvalue weighted by molar-refractivity contribution is -0.130. The van der Waals surface area contributed by atoms with Crippen molar-refractivity contribution in [1.29, 1.82) is 0 Å². The van der Waals surface area contributed by atoms with Crippen LogP contribution in [0.25, 0.3) is 0 Å². The maximum atomic E-state index is 12.0. The van der Waals surface area contributed by atoms with E-state index in [1.165, 1.54) is 6.92 Å². The highest BCUT2D eigenvalue weighted by Gasteiger charge is 2.12. The van der Waals surface area contributed by atoms with E-state index in [4.69, 9.17) is 11.6 Å². The number of nitrogens with one attached hydrogen (secondary N) is 1. The standard InChI is InChI=1S/C18H20ClN3O2/c1-14(23)22(13-17-4-2-3-10-20-17)11-9-18(24)21-12-15-5-7-16(19)8-6-15/h2-8,10H,9,11-13H2,1H3,(H,21,24). The van der Waals surface area contributed by atoms with Gasteiger partial charge < -0.3 is 10.2 Å². The Balaban J connectivity index is 1.79. The van der Waals surface area contributed by atoms with Crippen molar-refractivity contribution in [3.8, 4) is 0 Å². The molecule has 1 aromatic carbocycles. The van der Waals surface area contributed by atoms with Crippen molar-refractivity contribution >= 4 is 23.4 Å². The first-order chi connectivity index (χ1) is 11.5. The van der Waals surface area contributed by atoms with Gasteiger partial charge in [0.1, 0.15) is 0 Å². The number of hydrogen-bond acceptors (Lipinski definition) is 3. The second-order valence-corrected chi connectivity index (χ2v) is 5.85. The lowest BCUT2D eigenvalue weighted by Gasteiger charge is -2.20. The molecular formula is C18H20ClN3O2. The molecule has 2 amide bonds. The van der Waals surface area contributed by atoms with Gasteiger partial charge in [-0.25, -0.2) is 0 Å². The van der Waals surface area contributed by atoms with E-state index in [9.17, 15) is 9.59 Å². The third-order valence-corrected chi connectivity index (χ3v) is 3.79. The molecule has 0 radical (unpaired) electrons. The van der Waals surface area contributed by atoms with Gasteiger partial charge in [-0.1, -0.05) is 29.8 Å². The quantitative estimate of drug-likeness (QED) is 0.839. The number of carbonyl (C=O) groups excluding carboxylic acids is 2. The van der Waals surface area contributed by atoms with Gasteiger partial charge in [0, 0.05) is 37.7 Å². The first kappa shape index (κ1) is 17.9. The number of carbonyl (C=O) groups is 2. The summed E-state index contributed by atoms with van der Waals surface area (Å²) < 4.78 is 0. The SMILES string of the molecule is CC(=O)N(CCC(=O)NCc1ccc(Cl)cc1)Cc1ccccn1. The number of nitrogens with zero attached hydrogens (tertiary/aromatic N) is 2. The average Bonchev–Trinajstić information content (AvgIpc) is 2.58. The smallest absolute Gasteiger partial charge is 0.222 e. The topological polar surface area (TPSA) is 62.3 Å². The number of rotatable bonds is 7. The fourth-order valence-corrected chi connectivity index (χ4v) is 2.29. The molecule has 2 aromatic rings. The summed E-state index contributed by atoms with van der Waals surface area (Å²) in [5.41, 5.74) is 1.78. The zero-order chi connectivity index (χ0) is 17.4. The van der Waals surface area contributed by atoms with Gasteiger partial charge in [0.25, 0.3) is 0 Å². The molecule has 2 rings (SSSR count). The lowest BCUT2D eigenvalue weighted by atomic mass is 10.2. The molecule has 5 nitrogen and oxygen atoms in total. The van der Waals surface area contributed by atoms with Gasteiger partial charge in [-0.15, -0.1) is 0 Å². The van der Waals surface area contributed by atoms with Crippen LogP contribution in [0.5, 0.6) is 0 Å². The van der Waals surface area contributed by atoms with Crippen LogP contribution in [0.1, 0.15) is 24.6 Å². The van der Waals surface area contributed by atoms with Crippen molar-refractivity contribution in [3.63, 3.8) is 0 Å². The summed E-state index contributed by atoms with van der Waals surface area (Å²) in [4.78, 5) is 29.5. The van der Waals surface area contributed by atoms with Crippen LogP contribution in [0.15, 0.2) is 48.7 Å². The molecule has 0 unspecified atom stereocenters. The predicted octanol–water partition coefficient (Wildman–Crippen LogP) is 2.79. The van der Waals surface area contributed by atoms with Crippen molar-refractivity contribution in [2.75, 3.05) is 6.54 Å². The number of aromatic nitrogens is 1. The van der Waals surface area contributed by atoms with Gasteiger partial charge in [-0.3, -0.25) is 14.6 Å². The Labute approximate surface area is 146 Å². The Hall–Kier alpha value is -2.40. The summed E-state index contributed by atoms with van der Waals surface area (Å²) in [5.74, 6) is -0.177. The van der Waals surface area contributed by atoms with Crippen LogP contribution in [-0.2, 0) is 22.7 Å². The van der Waals surface area contributed by atoms with Crippen molar-refractivity contribution in [2.24, 2.45) is 0 Å². The molecule has 1 N–H and O–H groups in total. The Kier molecular flexibility index (Phi) is 6.75. The Morgan fingerprint density at radius 2 is 1.92 bits per heavy atom. The first-order valence-corrected chi connectivity index (χ1v) is 8.09. The van der Waals surface area contributed by atoms with Gasteiger partial charge in [0.2, 0.25) is 11.8 Å². The molecule has 0 aliphatic rings. The third-order valence-electron chi connectivity index (χ3n) is 3.54. The normalized spacial score (nSPS) is 10.2. The summed E-state index contributed by atoms with van der Waals surface area (Å²) >= 11 is 5.83. The second-order valence-electron chi connectivity index (χ2n) is 5.41. The van der Waals surface area contributed by atoms with E-state index in [1.54, 1.807) is 23.2 Å². The highest BCUT2D eigenvalue weighted by molar-refractivity contribution is 6.30. The molecule has 0 atom stereocenters. The molecule has 126 valence electrons. The molecule has 24 heavy (non-hydrogen) atoms. The monoisotopic (exact) mass is 345 g/mol. The number of benzene rings is 1. The van der Waals surface area contributed by atoms with Crippen LogP contribution in [0.2, 0.25) is 5.02 Å². The van der Waals surface area contributed by atoms with Crippen molar-refractivity contribution in [3.05, 3.63) is 64.9 Å². The highest BCUT2D eigenvalue weighted by Crippen LogP contribution is 2.09. The summed E-state index contributed by atoms with van der Waals surface area (Å²) in [5, 5.41) is 3.50. The summed E-state index contributed by atoms with van der Waals surface area (Å²) in [7, 11) is 0. The number of hydrogen-bond donors (Lipinski definition) is 1. The molecule has 1 aromatic heterocycles. The van der Waals surface area contributed by atoms with Crippen LogP contribution < -0.4 is 5.32 Å². The Morgan fingerprint density at radius 1 is 1.17 bits per heavy atom. The fraction of sp³-hybridized carbons (Fsp3) is 0.278. The molecule has 0 saturated carbocycles. The van der Waals surface area contributed by atoms with Crippen LogP contribution in [0, 0.1) is 0 Å². The zero-order valence-electron chi connectivity index (χ0n) is 13.5. The number of halogens is 1. The number of pyridine rings is 1. The molecule has 0 aliphatic carbocycles. The number of amides is 2. The Bertz CT molecular complexity index is 674. The lowest BCUT2D eigenvalue weighted by Crippen LogP contribution is -2.33. The summed E-state index contributed by atoms with van der Waals surface area (Å²) in [6.45, 7) is 2.70. The molecule has 6 heteroatoms. The zero-order valence-corrected chi connectivity index (χ0v) is 14.3. The van der Waals surface area contributed by atoms with Gasteiger partial charge >= 0.3 is 0 Å². The minimum atomic E-state index is -0.0998. The molecular weight excluding hydrogens is 326 g/mol. The van der Waals surface area contributed by atoms with Crippen molar-refractivity contribution in [2.45, 2.75) is 26.4 Å². The van der Waals surface area contributed by atoms with Gasteiger partial charge in [0.15, 0.2) is 0 Å². The maximum Gasteiger partial charge on any atom is 0.222 e. The average molecular weight is 346 g/mol. The van der Waals surface area contributed by atoms with E-state index < -0.39 is 0 Å². The van der Waals surface area contributed by atoms with E-state index in [0.717, 1.165) is 11.3 Å². The van der Waals surface area contributed by atoms with Crippen molar-refractivity contribution < 1.29 is 9.59 Å². The van der Waals surface area contributed by atoms with E-state index in [2.05, 4.69) is 10.3 Å². The highest BCUT2D eigenvalue weighted by atomic mass is 35.5. The van der Waals surface area contributed by atoms with Gasteiger partial charge in [-0.05, 0) is 29.8 Å². The van der Waals surface area contributed by atoms with E-state index >= 15 is 0 Å². The van der Waals surface area contributed by atoms with E-state index in [-0.39, 0.29) is 18.2 Å². The molecule has 0 aliphatic heterocycles. The fourth-order valence-electron chi connectivity index (χ4n) is 2.16. The maximum absolute atomic E-state index is 12.0. The minimum Gasteiger partial charge on any atom is -0.352 e. The molecule has 0 spiro atoms. The van der Waals surface area contributed by atoms with Crippen LogP contribution in [0.3, 0.4) is 0 Å². The van der Waals surface area contributed by atoms with Crippen LogP contribution >= 0.6 is 11.6 Å². The van der Waals surface area contributed by atoms with Crippen LogP contribution in [0.4, 0.5) is 0 Å². The Morgan fingerprint density at radius 3 is 2.54 bits per heavy atom. The van der Waals surface area contributed by atoms with Gasteiger partial charge in [-0.2, -0.15) is 0 Å². The molecule has 0 bridgehead atoms. The second kappa shape index (κ2) is 9.03. The minimum absolute atomic E-state index is 0.0776. The van der Waals surface area contributed by atoms with Crippen molar-refractivity contribution in [1.82, 2.24) is 15.2 Å². The first-order valence-electron chi connectivity index (χ1n) is 7.71. The van der Waals surface area contributed by atoms with Gasteiger partial charge in [0.05, 0.1) is 12.2 Å². The molecule has 0 fully saturated rings. The van der Waals surface area contributed by atoms with Crippen LogP contribution in [-0.4, -0.2) is 28.2 Å². The summed E-state index contributed by atoms with van der Waals surface area (Å²) in [6, 6.07) is 12.9. The third kappa shape index (κ3) is 6.01.